The molecule has 0 unspecified atom stereocenters. The quantitative estimate of drug-likeness (QED) is 0.0248. The Bertz CT molecular complexity index is 2120. The summed E-state index contributed by atoms with van der Waals surface area (Å²) in [5.74, 6) is -57.0. The Hall–Kier alpha value is -4.79. The van der Waals surface area contributed by atoms with Crippen LogP contribution in [0, 0.1) is 0 Å². The molecule has 71 heavy (non-hydrogen) atoms. The Labute approximate surface area is 398 Å². The molecule has 0 bridgehead atoms. The van der Waals surface area contributed by atoms with Gasteiger partial charge in [-0.25, -0.2) is 9.59 Å². The number of nitrogens with one attached hydrogen (secondary N) is 1. The van der Waals surface area contributed by atoms with Gasteiger partial charge in [0, 0.05) is 25.3 Å². The van der Waals surface area contributed by atoms with Crippen LogP contribution in [0.25, 0.3) is 0 Å². The molecule has 2 rings (SSSR count). The predicted molar refractivity (Wildman–Crippen MR) is 225 cm³/mol. The van der Waals surface area contributed by atoms with E-state index in [-0.39, 0.29) is 12.4 Å². The zero-order valence-corrected chi connectivity index (χ0v) is 40.3. The minimum Gasteiger partial charge on any atom is -0.497 e. The first-order chi connectivity index (χ1) is 32.3. The van der Waals surface area contributed by atoms with Gasteiger partial charge in [0.25, 0.3) is 0 Å². The Kier molecular flexibility index (Phi) is 20.5. The van der Waals surface area contributed by atoms with Gasteiger partial charge < -0.3 is 28.1 Å². The summed E-state index contributed by atoms with van der Waals surface area (Å²) < 4.78 is 270. The molecule has 0 saturated heterocycles. The fourth-order valence-corrected chi connectivity index (χ4v) is 11.6. The SMILES string of the molecule is CCOC(=O)/C=C(C)/C=C(\C)[C@@H](OC)[C@H](OC(=O)Nc1ccc(OC)cc1)c1ccc(OCCO[Si](CCC(F)(F)C(F)(F)C(F)(F)C(F)(F)C(F)(F)C(F)(F)C(F)(F)C(F)(F)F)(C(C)C)C(C)C)cc1. The fourth-order valence-electron chi connectivity index (χ4n) is 7.14. The van der Waals surface area contributed by atoms with Gasteiger partial charge in [0.15, 0.2) is 14.4 Å². The Morgan fingerprint density at radius 2 is 1.13 bits per heavy atom. The van der Waals surface area contributed by atoms with E-state index in [0.29, 0.717) is 28.1 Å². The summed E-state index contributed by atoms with van der Waals surface area (Å²) in [4.78, 5) is 25.3. The molecule has 0 radical (unpaired) electrons. The first kappa shape index (κ1) is 62.3. The number of halogens is 17. The van der Waals surface area contributed by atoms with E-state index in [1.165, 1.54) is 84.4 Å². The van der Waals surface area contributed by atoms with Crippen molar-refractivity contribution in [2.45, 2.75) is 132 Å². The summed E-state index contributed by atoms with van der Waals surface area (Å²) in [5.41, 5.74) is -0.255. The summed E-state index contributed by atoms with van der Waals surface area (Å²) in [6, 6.07) is 10.5. The van der Waals surface area contributed by atoms with Crippen molar-refractivity contribution in [1.29, 1.82) is 0 Å². The second kappa shape index (κ2) is 23.4. The van der Waals surface area contributed by atoms with Gasteiger partial charge >= 0.3 is 59.7 Å². The number of carbonyl (C=O) groups is 2. The number of allylic oxidation sites excluding steroid dienone is 2. The largest absolute Gasteiger partial charge is 0.497 e. The minimum atomic E-state index is -8.71. The van der Waals surface area contributed by atoms with Crippen LogP contribution in [0.1, 0.15) is 66.6 Å². The third-order valence-electron chi connectivity index (χ3n) is 11.1. The topological polar surface area (TPSA) is 102 Å². The highest BCUT2D eigenvalue weighted by molar-refractivity contribution is 6.76. The number of alkyl halides is 17. The molecular weight excluding hydrogens is 1020 g/mol. The third-order valence-corrected chi connectivity index (χ3v) is 16.8. The van der Waals surface area contributed by atoms with Crippen molar-refractivity contribution in [3.63, 3.8) is 0 Å². The zero-order chi connectivity index (χ0) is 55.0. The Balaban J connectivity index is 2.39. The van der Waals surface area contributed by atoms with Crippen LogP contribution in [0.3, 0.4) is 0 Å². The van der Waals surface area contributed by atoms with E-state index in [2.05, 4.69) is 5.32 Å². The van der Waals surface area contributed by atoms with Gasteiger partial charge in [-0.2, -0.15) is 74.6 Å². The van der Waals surface area contributed by atoms with Crippen molar-refractivity contribution in [2.24, 2.45) is 0 Å². The maximum atomic E-state index is 15.1. The Morgan fingerprint density at radius 1 is 0.648 bits per heavy atom. The van der Waals surface area contributed by atoms with Gasteiger partial charge in [-0.15, -0.1) is 0 Å². The van der Waals surface area contributed by atoms with Crippen LogP contribution in [0.2, 0.25) is 17.1 Å². The molecule has 0 aromatic heterocycles. The van der Waals surface area contributed by atoms with E-state index in [9.17, 15) is 75.4 Å². The lowest BCUT2D eigenvalue weighted by Gasteiger charge is -2.44. The van der Waals surface area contributed by atoms with Gasteiger partial charge in [-0.05, 0) is 91.0 Å². The molecule has 0 fully saturated rings. The highest BCUT2D eigenvalue weighted by Crippen LogP contribution is 2.64. The number of methoxy groups -OCH3 is 2. The molecule has 9 nitrogen and oxygen atoms in total. The second-order valence-corrected chi connectivity index (χ2v) is 21.6. The maximum Gasteiger partial charge on any atom is 0.460 e. The van der Waals surface area contributed by atoms with E-state index in [4.69, 9.17) is 28.1 Å². The molecule has 0 aliphatic heterocycles. The van der Waals surface area contributed by atoms with Crippen molar-refractivity contribution in [3.8, 4) is 11.5 Å². The third kappa shape index (κ3) is 13.3. The molecule has 0 aliphatic rings. The normalized spacial score (nSPS) is 15.2. The molecular formula is C44H52F17NO8Si. The Morgan fingerprint density at radius 3 is 1.58 bits per heavy atom. The highest BCUT2D eigenvalue weighted by atomic mass is 28.4. The number of carbonyl (C=O) groups excluding carboxylic acids is 2. The van der Waals surface area contributed by atoms with E-state index >= 15 is 8.78 Å². The van der Waals surface area contributed by atoms with Gasteiger partial charge in [0.1, 0.15) is 24.2 Å². The van der Waals surface area contributed by atoms with Crippen LogP contribution < -0.4 is 14.8 Å². The van der Waals surface area contributed by atoms with Crippen LogP contribution in [0.4, 0.5) is 85.1 Å². The molecule has 1 amide bonds. The lowest BCUT2D eigenvalue weighted by molar-refractivity contribution is -0.461. The van der Waals surface area contributed by atoms with Gasteiger partial charge in [-0.1, -0.05) is 45.9 Å². The molecule has 0 spiro atoms. The van der Waals surface area contributed by atoms with E-state index in [0.717, 1.165) is 0 Å². The molecule has 1 N–H and O–H groups in total. The van der Waals surface area contributed by atoms with E-state index in [1.54, 1.807) is 39.0 Å². The molecule has 2 aromatic carbocycles. The van der Waals surface area contributed by atoms with Crippen molar-refractivity contribution < 1.29 is 112 Å². The van der Waals surface area contributed by atoms with E-state index < -0.39 is 117 Å². The van der Waals surface area contributed by atoms with Crippen LogP contribution in [0.5, 0.6) is 11.5 Å². The lowest BCUT2D eigenvalue weighted by Crippen LogP contribution is -2.74. The zero-order valence-electron chi connectivity index (χ0n) is 39.3. The summed E-state index contributed by atoms with van der Waals surface area (Å²) in [6.07, 6.45) is -10.7. The smallest absolute Gasteiger partial charge is 0.460 e. The van der Waals surface area contributed by atoms with Gasteiger partial charge in [0.2, 0.25) is 0 Å². The van der Waals surface area contributed by atoms with Crippen molar-refractivity contribution in [1.82, 2.24) is 0 Å². The number of ether oxygens (including phenoxy) is 5. The van der Waals surface area contributed by atoms with Gasteiger partial charge in [-0.3, -0.25) is 5.32 Å². The number of hydrogen-bond donors (Lipinski definition) is 1. The first-order valence-electron chi connectivity index (χ1n) is 21.1. The standard InChI is InChI=1S/C44H52F17NO8Si/c1-10-67-33(63)24-27(6)23-28(7)34(66-9)35(70-36(64)62-30-13-17-31(65-8)18-14-30)29-11-15-32(16-12-29)68-20-21-69-71(25(2)3,26(4)5)22-19-37(45,46)38(47,48)39(49,50)40(51,52)41(53,54)42(55,56)43(57,58)44(59,60)61/h11-18,23-26,34-35H,10,19-22H2,1-9H3,(H,62,64)/b27-24+,28-23+/t34-,35-/m1/s1. The average molecular weight is 1070 g/mol. The first-order valence-corrected chi connectivity index (χ1v) is 23.3. The number of benzene rings is 2. The number of hydrogen-bond acceptors (Lipinski definition) is 8. The van der Waals surface area contributed by atoms with Crippen LogP contribution >= 0.6 is 0 Å². The second-order valence-electron chi connectivity index (χ2n) is 16.5. The minimum absolute atomic E-state index is 0.0827. The van der Waals surface area contributed by atoms with Crippen molar-refractivity contribution >= 4 is 26.1 Å². The molecule has 2 aromatic rings. The van der Waals surface area contributed by atoms with Crippen molar-refractivity contribution in [3.05, 3.63) is 77.4 Å². The summed E-state index contributed by atoms with van der Waals surface area (Å²) in [7, 11) is -1.28. The molecule has 0 heterocycles. The monoisotopic (exact) mass is 1070 g/mol. The molecule has 2 atom stereocenters. The van der Waals surface area contributed by atoms with Crippen molar-refractivity contribution in [2.75, 3.05) is 39.4 Å². The molecule has 404 valence electrons. The van der Waals surface area contributed by atoms with Crippen LogP contribution in [0.15, 0.2) is 71.8 Å². The van der Waals surface area contributed by atoms with E-state index in [1.807, 2.05) is 0 Å². The maximum absolute atomic E-state index is 15.1. The molecule has 0 saturated carbocycles. The predicted octanol–water partition coefficient (Wildman–Crippen LogP) is 14.0. The summed E-state index contributed by atoms with van der Waals surface area (Å²) >= 11 is 0. The lowest BCUT2D eigenvalue weighted by atomic mass is 9.88. The summed E-state index contributed by atoms with van der Waals surface area (Å²) in [5, 5.41) is 2.57. The fraction of sp³-hybridized carbons (Fsp3) is 0.591. The molecule has 27 heteroatoms. The number of anilines is 1. The van der Waals surface area contributed by atoms with Gasteiger partial charge in [0.05, 0.1) is 20.3 Å². The summed E-state index contributed by atoms with van der Waals surface area (Å²) in [6.45, 7) is 9.22. The number of rotatable bonds is 26. The molecule has 0 aliphatic carbocycles. The number of amides is 1. The highest BCUT2D eigenvalue weighted by Gasteiger charge is 2.95. The van der Waals surface area contributed by atoms with Crippen LogP contribution in [-0.4, -0.2) is 108 Å². The average Bonchev–Trinajstić information content (AvgIpc) is 3.25. The van der Waals surface area contributed by atoms with Crippen LogP contribution in [-0.2, 0) is 23.4 Å². The number of esters is 1.